The maximum atomic E-state index is 5.97. The summed E-state index contributed by atoms with van der Waals surface area (Å²) in [5.74, 6) is 3.13. The van der Waals surface area contributed by atoms with Crippen molar-refractivity contribution in [3.63, 3.8) is 0 Å². The Labute approximate surface area is 177 Å². The average Bonchev–Trinajstić information content (AvgIpc) is 2.72. The Bertz CT molecular complexity index is 790. The van der Waals surface area contributed by atoms with Gasteiger partial charge in [0.05, 0.1) is 0 Å². The van der Waals surface area contributed by atoms with E-state index >= 15 is 0 Å². The second kappa shape index (κ2) is 10.9. The van der Waals surface area contributed by atoms with E-state index in [0.717, 1.165) is 44.0 Å². The average molecular weight is 416 g/mol. The van der Waals surface area contributed by atoms with E-state index < -0.39 is 0 Å². The van der Waals surface area contributed by atoms with Crippen molar-refractivity contribution >= 4 is 29.1 Å². The van der Waals surface area contributed by atoms with Gasteiger partial charge in [0.1, 0.15) is 11.6 Å². The van der Waals surface area contributed by atoms with Crippen LogP contribution < -0.4 is 20.3 Å². The molecular weight excluding hydrogens is 386 g/mol. The number of nitrogens with zero attached hydrogens (tertiary/aromatic N) is 3. The molecule has 0 amide bonds. The fourth-order valence-corrected chi connectivity index (χ4v) is 3.45. The number of hydrogen-bond donors (Lipinski definition) is 2. The molecule has 0 bridgehead atoms. The van der Waals surface area contributed by atoms with Crippen molar-refractivity contribution in [2.75, 3.05) is 43.6 Å². The SMILES string of the molecule is COCCCNC(=S)Nc1nc(Oc2ccccc2)cc(N2CCC[C@H](C)C2)n1. The zero-order valence-corrected chi connectivity index (χ0v) is 17.9. The molecule has 1 atom stereocenters. The van der Waals surface area contributed by atoms with E-state index in [2.05, 4.69) is 32.4 Å². The van der Waals surface area contributed by atoms with E-state index in [1.807, 2.05) is 36.4 Å². The van der Waals surface area contributed by atoms with Crippen LogP contribution in [0.5, 0.6) is 11.6 Å². The van der Waals surface area contributed by atoms with Crippen LogP contribution in [-0.4, -0.2) is 48.4 Å². The van der Waals surface area contributed by atoms with Gasteiger partial charge in [-0.2, -0.15) is 9.97 Å². The zero-order chi connectivity index (χ0) is 20.5. The third-order valence-electron chi connectivity index (χ3n) is 4.67. The fourth-order valence-electron chi connectivity index (χ4n) is 3.25. The summed E-state index contributed by atoms with van der Waals surface area (Å²) in [5.41, 5.74) is 0. The highest BCUT2D eigenvalue weighted by Crippen LogP contribution is 2.27. The molecule has 2 N–H and O–H groups in total. The van der Waals surface area contributed by atoms with Crippen LogP contribution in [0.3, 0.4) is 0 Å². The standard InChI is InChI=1S/C21H29N5O2S/c1-16-8-6-12-26(15-16)18-14-19(28-17-9-4-3-5-10-17)24-20(23-18)25-21(29)22-11-7-13-27-2/h3-5,9-10,14,16H,6-8,11-13,15H2,1-2H3,(H2,22,23,24,25,29)/t16-/m0/s1. The van der Waals surface area contributed by atoms with Crippen LogP contribution in [-0.2, 0) is 4.74 Å². The normalized spacial score (nSPS) is 16.3. The molecule has 1 aliphatic rings. The number of ether oxygens (including phenoxy) is 2. The van der Waals surface area contributed by atoms with Gasteiger partial charge >= 0.3 is 0 Å². The van der Waals surface area contributed by atoms with Gasteiger partial charge in [-0.3, -0.25) is 0 Å². The third-order valence-corrected chi connectivity index (χ3v) is 4.92. The van der Waals surface area contributed by atoms with E-state index in [1.54, 1.807) is 7.11 Å². The highest BCUT2D eigenvalue weighted by Gasteiger charge is 2.20. The first-order valence-corrected chi connectivity index (χ1v) is 10.5. The molecule has 2 heterocycles. The number of hydrogen-bond acceptors (Lipinski definition) is 6. The molecule has 1 aliphatic heterocycles. The molecule has 0 saturated carbocycles. The highest BCUT2D eigenvalue weighted by atomic mass is 32.1. The fraction of sp³-hybridized carbons (Fsp3) is 0.476. The Kier molecular flexibility index (Phi) is 8.01. The third kappa shape index (κ3) is 6.83. The number of para-hydroxylation sites is 1. The molecule has 1 saturated heterocycles. The Morgan fingerprint density at radius 3 is 2.86 bits per heavy atom. The number of aromatic nitrogens is 2. The smallest absolute Gasteiger partial charge is 0.234 e. The van der Waals surface area contributed by atoms with Crippen LogP contribution in [0.25, 0.3) is 0 Å². The largest absolute Gasteiger partial charge is 0.439 e. The lowest BCUT2D eigenvalue weighted by Gasteiger charge is -2.32. The summed E-state index contributed by atoms with van der Waals surface area (Å²) >= 11 is 5.38. The highest BCUT2D eigenvalue weighted by molar-refractivity contribution is 7.80. The van der Waals surface area contributed by atoms with Crippen LogP contribution in [0.2, 0.25) is 0 Å². The van der Waals surface area contributed by atoms with Gasteiger partial charge in [-0.15, -0.1) is 0 Å². The predicted molar refractivity (Wildman–Crippen MR) is 120 cm³/mol. The van der Waals surface area contributed by atoms with Crippen molar-refractivity contribution in [2.24, 2.45) is 5.92 Å². The van der Waals surface area contributed by atoms with Gasteiger partial charge in [0.2, 0.25) is 11.8 Å². The molecule has 0 aliphatic carbocycles. The first kappa shape index (κ1) is 21.3. The number of benzene rings is 1. The Morgan fingerprint density at radius 2 is 2.10 bits per heavy atom. The van der Waals surface area contributed by atoms with Crippen LogP contribution in [0, 0.1) is 5.92 Å². The minimum absolute atomic E-state index is 0.427. The van der Waals surface area contributed by atoms with E-state index in [0.29, 0.717) is 29.5 Å². The maximum absolute atomic E-state index is 5.97. The lowest BCUT2D eigenvalue weighted by Crippen LogP contribution is -2.35. The number of methoxy groups -OCH3 is 1. The van der Waals surface area contributed by atoms with Crippen LogP contribution >= 0.6 is 12.2 Å². The quantitative estimate of drug-likeness (QED) is 0.498. The molecule has 29 heavy (non-hydrogen) atoms. The molecule has 8 heteroatoms. The van der Waals surface area contributed by atoms with Crippen molar-refractivity contribution in [3.05, 3.63) is 36.4 Å². The second-order valence-electron chi connectivity index (χ2n) is 7.22. The Balaban J connectivity index is 1.75. The lowest BCUT2D eigenvalue weighted by molar-refractivity contribution is 0.196. The zero-order valence-electron chi connectivity index (χ0n) is 17.1. The minimum Gasteiger partial charge on any atom is -0.439 e. The lowest BCUT2D eigenvalue weighted by atomic mass is 10.0. The molecule has 2 aromatic rings. The summed E-state index contributed by atoms with van der Waals surface area (Å²) in [6.07, 6.45) is 3.27. The molecule has 0 radical (unpaired) electrons. The summed E-state index contributed by atoms with van der Waals surface area (Å²) in [6.45, 7) is 5.62. The number of thiocarbonyl (C=S) groups is 1. The molecule has 156 valence electrons. The minimum atomic E-state index is 0.427. The van der Waals surface area contributed by atoms with Crippen LogP contribution in [0.4, 0.5) is 11.8 Å². The second-order valence-corrected chi connectivity index (χ2v) is 7.63. The molecule has 1 aromatic carbocycles. The first-order chi connectivity index (χ1) is 14.1. The number of rotatable bonds is 8. The van der Waals surface area contributed by atoms with Crippen molar-refractivity contribution in [1.82, 2.24) is 15.3 Å². The molecule has 0 spiro atoms. The van der Waals surface area contributed by atoms with Gasteiger partial charge < -0.3 is 25.0 Å². The summed E-state index contributed by atoms with van der Waals surface area (Å²) in [6, 6.07) is 11.5. The van der Waals surface area contributed by atoms with Crippen molar-refractivity contribution < 1.29 is 9.47 Å². The summed E-state index contributed by atoms with van der Waals surface area (Å²) in [4.78, 5) is 11.5. The van der Waals surface area contributed by atoms with Crippen LogP contribution in [0.1, 0.15) is 26.2 Å². The number of nitrogens with one attached hydrogen (secondary N) is 2. The van der Waals surface area contributed by atoms with E-state index in [1.165, 1.54) is 6.42 Å². The molecule has 7 nitrogen and oxygen atoms in total. The predicted octanol–water partition coefficient (Wildman–Crippen LogP) is 3.83. The monoisotopic (exact) mass is 415 g/mol. The number of piperidine rings is 1. The van der Waals surface area contributed by atoms with Gasteiger partial charge in [0.25, 0.3) is 0 Å². The van der Waals surface area contributed by atoms with Gasteiger partial charge in [-0.1, -0.05) is 25.1 Å². The molecule has 1 fully saturated rings. The van der Waals surface area contributed by atoms with E-state index in [4.69, 9.17) is 21.7 Å². The van der Waals surface area contributed by atoms with Gasteiger partial charge in [-0.25, -0.2) is 0 Å². The van der Waals surface area contributed by atoms with Crippen molar-refractivity contribution in [2.45, 2.75) is 26.2 Å². The molecule has 1 aromatic heterocycles. The Morgan fingerprint density at radius 1 is 1.28 bits per heavy atom. The molecule has 3 rings (SSSR count). The van der Waals surface area contributed by atoms with Crippen LogP contribution in [0.15, 0.2) is 36.4 Å². The molecular formula is C21H29N5O2S. The summed E-state index contributed by atoms with van der Waals surface area (Å²) in [5, 5.41) is 6.72. The first-order valence-electron chi connectivity index (χ1n) is 10.0. The number of anilines is 2. The summed E-state index contributed by atoms with van der Waals surface area (Å²) < 4.78 is 11.0. The van der Waals surface area contributed by atoms with E-state index in [-0.39, 0.29) is 0 Å². The Hall–Kier alpha value is -2.45. The van der Waals surface area contributed by atoms with Crippen molar-refractivity contribution in [3.8, 4) is 11.6 Å². The van der Waals surface area contributed by atoms with Crippen molar-refractivity contribution in [1.29, 1.82) is 0 Å². The topological polar surface area (TPSA) is 71.5 Å². The summed E-state index contributed by atoms with van der Waals surface area (Å²) in [7, 11) is 1.69. The van der Waals surface area contributed by atoms with Gasteiger partial charge in [0.15, 0.2) is 5.11 Å². The molecule has 0 unspecified atom stereocenters. The van der Waals surface area contributed by atoms with Gasteiger partial charge in [0, 0.05) is 39.4 Å². The van der Waals surface area contributed by atoms with E-state index in [9.17, 15) is 0 Å². The van der Waals surface area contributed by atoms with Gasteiger partial charge in [-0.05, 0) is 49.5 Å². The maximum Gasteiger partial charge on any atom is 0.234 e.